The lowest BCUT2D eigenvalue weighted by Crippen LogP contribution is -2.49. The van der Waals surface area contributed by atoms with Crippen molar-refractivity contribution in [2.45, 2.75) is 12.3 Å². The number of furan rings is 1. The topological polar surface area (TPSA) is 45.9 Å². The van der Waals surface area contributed by atoms with Crippen molar-refractivity contribution in [3.63, 3.8) is 0 Å². The Morgan fingerprint density at radius 3 is 2.62 bits per heavy atom. The summed E-state index contributed by atoms with van der Waals surface area (Å²) in [6.07, 6.45) is 2.60. The van der Waals surface area contributed by atoms with Crippen molar-refractivity contribution in [2.75, 3.05) is 38.2 Å². The Balaban J connectivity index is 1.36. The SMILES string of the molecule is COc1ccccc1N1CCN(C(=O)[C@@H]2C[C@H]2c2ccco2)CC1. The lowest BCUT2D eigenvalue weighted by molar-refractivity contribution is -0.133. The van der Waals surface area contributed by atoms with Gasteiger partial charge >= 0.3 is 0 Å². The molecule has 0 N–H and O–H groups in total. The second kappa shape index (κ2) is 6.23. The molecule has 2 atom stereocenters. The predicted octanol–water partition coefficient (Wildman–Crippen LogP) is 2.74. The fourth-order valence-corrected chi connectivity index (χ4v) is 3.58. The van der Waals surface area contributed by atoms with Gasteiger partial charge in [0.05, 0.1) is 19.1 Å². The molecule has 1 aliphatic heterocycles. The van der Waals surface area contributed by atoms with Crippen LogP contribution in [0.2, 0.25) is 0 Å². The third-order valence-electron chi connectivity index (χ3n) is 5.03. The van der Waals surface area contributed by atoms with Crippen molar-refractivity contribution in [2.24, 2.45) is 5.92 Å². The van der Waals surface area contributed by atoms with E-state index >= 15 is 0 Å². The van der Waals surface area contributed by atoms with Crippen molar-refractivity contribution in [1.82, 2.24) is 4.90 Å². The van der Waals surface area contributed by atoms with Crippen LogP contribution >= 0.6 is 0 Å². The third-order valence-corrected chi connectivity index (χ3v) is 5.03. The first kappa shape index (κ1) is 15.1. The number of ether oxygens (including phenoxy) is 1. The minimum Gasteiger partial charge on any atom is -0.495 e. The molecule has 2 aliphatic rings. The molecule has 1 saturated heterocycles. The Hall–Kier alpha value is -2.43. The van der Waals surface area contributed by atoms with Gasteiger partial charge in [-0.15, -0.1) is 0 Å². The molecule has 0 unspecified atom stereocenters. The number of benzene rings is 1. The predicted molar refractivity (Wildman–Crippen MR) is 91.3 cm³/mol. The number of anilines is 1. The highest BCUT2D eigenvalue weighted by molar-refractivity contribution is 5.83. The fourth-order valence-electron chi connectivity index (χ4n) is 3.58. The van der Waals surface area contributed by atoms with E-state index < -0.39 is 0 Å². The molecule has 2 heterocycles. The van der Waals surface area contributed by atoms with E-state index in [2.05, 4.69) is 11.0 Å². The summed E-state index contributed by atoms with van der Waals surface area (Å²) in [7, 11) is 1.69. The maximum absolute atomic E-state index is 12.7. The Morgan fingerprint density at radius 1 is 1.12 bits per heavy atom. The van der Waals surface area contributed by atoms with Gasteiger partial charge in [0.2, 0.25) is 5.91 Å². The number of carbonyl (C=O) groups excluding carboxylic acids is 1. The van der Waals surface area contributed by atoms with E-state index in [1.54, 1.807) is 13.4 Å². The molecule has 0 spiro atoms. The maximum Gasteiger partial charge on any atom is 0.226 e. The standard InChI is InChI=1S/C19H22N2O3/c1-23-18-6-3-2-5-16(18)20-8-10-21(11-9-20)19(22)15-13-14(15)17-7-4-12-24-17/h2-7,12,14-15H,8-11,13H2,1H3/t14-,15-/m1/s1. The van der Waals surface area contributed by atoms with Crippen LogP contribution in [0.1, 0.15) is 18.1 Å². The number of piperazine rings is 1. The number of carbonyl (C=O) groups is 1. The van der Waals surface area contributed by atoms with Gasteiger partial charge < -0.3 is 19.0 Å². The number of hydrogen-bond acceptors (Lipinski definition) is 4. The summed E-state index contributed by atoms with van der Waals surface area (Å²) in [5, 5.41) is 0. The van der Waals surface area contributed by atoms with Crippen LogP contribution in [0.25, 0.3) is 0 Å². The first-order valence-corrected chi connectivity index (χ1v) is 8.48. The maximum atomic E-state index is 12.7. The van der Waals surface area contributed by atoms with Crippen LogP contribution in [-0.4, -0.2) is 44.1 Å². The van der Waals surface area contributed by atoms with Crippen LogP contribution in [0.4, 0.5) is 5.69 Å². The first-order chi connectivity index (χ1) is 11.8. The van der Waals surface area contributed by atoms with Gasteiger partial charge in [0.25, 0.3) is 0 Å². The van der Waals surface area contributed by atoms with Crippen LogP contribution < -0.4 is 9.64 Å². The van der Waals surface area contributed by atoms with E-state index in [9.17, 15) is 4.79 Å². The molecule has 1 amide bonds. The second-order valence-electron chi connectivity index (χ2n) is 6.45. The van der Waals surface area contributed by atoms with Gasteiger partial charge in [0.15, 0.2) is 0 Å². The molecule has 0 bridgehead atoms. The molecule has 126 valence electrons. The van der Waals surface area contributed by atoms with Gasteiger partial charge in [0.1, 0.15) is 11.5 Å². The van der Waals surface area contributed by atoms with Gasteiger partial charge in [-0.3, -0.25) is 4.79 Å². The van der Waals surface area contributed by atoms with E-state index in [4.69, 9.17) is 9.15 Å². The summed E-state index contributed by atoms with van der Waals surface area (Å²) in [6.45, 7) is 3.20. The highest BCUT2D eigenvalue weighted by Crippen LogP contribution is 2.48. The molecule has 1 aromatic heterocycles. The molecule has 4 rings (SSSR count). The van der Waals surface area contributed by atoms with Gasteiger partial charge in [-0.2, -0.15) is 0 Å². The number of amides is 1. The normalized spacial score (nSPS) is 23.2. The minimum atomic E-state index is 0.106. The Bertz CT molecular complexity index is 705. The van der Waals surface area contributed by atoms with E-state index in [0.29, 0.717) is 0 Å². The van der Waals surface area contributed by atoms with Crippen molar-refractivity contribution >= 4 is 11.6 Å². The minimum absolute atomic E-state index is 0.106. The largest absolute Gasteiger partial charge is 0.495 e. The van der Waals surface area contributed by atoms with Crippen LogP contribution in [0.15, 0.2) is 47.1 Å². The van der Waals surface area contributed by atoms with Gasteiger partial charge in [-0.1, -0.05) is 12.1 Å². The molecular weight excluding hydrogens is 304 g/mol. The Labute approximate surface area is 141 Å². The molecule has 2 aromatic rings. The van der Waals surface area contributed by atoms with E-state index in [0.717, 1.165) is 49.8 Å². The summed E-state index contributed by atoms with van der Waals surface area (Å²) < 4.78 is 10.9. The molecule has 0 radical (unpaired) electrons. The van der Waals surface area contributed by atoms with E-state index in [1.165, 1.54) is 0 Å². The number of methoxy groups -OCH3 is 1. The average Bonchev–Trinajstić information content (AvgIpc) is 3.25. The zero-order valence-electron chi connectivity index (χ0n) is 13.9. The Kier molecular flexibility index (Phi) is 3.92. The molecule has 5 heteroatoms. The lowest BCUT2D eigenvalue weighted by atomic mass is 10.2. The fraction of sp³-hybridized carbons (Fsp3) is 0.421. The number of rotatable bonds is 4. The summed E-state index contributed by atoms with van der Waals surface area (Å²) in [6, 6.07) is 11.9. The highest BCUT2D eigenvalue weighted by Gasteiger charge is 2.47. The summed E-state index contributed by atoms with van der Waals surface area (Å²) in [5.74, 6) is 2.49. The summed E-state index contributed by atoms with van der Waals surface area (Å²) >= 11 is 0. The number of nitrogens with zero attached hydrogens (tertiary/aromatic N) is 2. The smallest absolute Gasteiger partial charge is 0.226 e. The molecule has 1 aliphatic carbocycles. The van der Waals surface area contributed by atoms with Crippen molar-refractivity contribution in [3.8, 4) is 5.75 Å². The molecule has 1 aromatic carbocycles. The Morgan fingerprint density at radius 2 is 1.92 bits per heavy atom. The van der Waals surface area contributed by atoms with Crippen LogP contribution in [0.3, 0.4) is 0 Å². The van der Waals surface area contributed by atoms with E-state index in [-0.39, 0.29) is 17.7 Å². The lowest BCUT2D eigenvalue weighted by Gasteiger charge is -2.36. The number of para-hydroxylation sites is 2. The summed E-state index contributed by atoms with van der Waals surface area (Å²) in [5.41, 5.74) is 1.10. The zero-order chi connectivity index (χ0) is 16.5. The van der Waals surface area contributed by atoms with Gasteiger partial charge in [0, 0.05) is 38.0 Å². The average molecular weight is 326 g/mol. The highest BCUT2D eigenvalue weighted by atomic mass is 16.5. The number of hydrogen-bond donors (Lipinski definition) is 0. The van der Waals surface area contributed by atoms with Crippen LogP contribution in [-0.2, 0) is 4.79 Å². The van der Waals surface area contributed by atoms with Crippen LogP contribution in [0, 0.1) is 5.92 Å². The van der Waals surface area contributed by atoms with E-state index in [1.807, 2.05) is 35.2 Å². The molecule has 2 fully saturated rings. The molecule has 5 nitrogen and oxygen atoms in total. The van der Waals surface area contributed by atoms with Crippen molar-refractivity contribution < 1.29 is 13.9 Å². The quantitative estimate of drug-likeness (QED) is 0.867. The monoisotopic (exact) mass is 326 g/mol. The van der Waals surface area contributed by atoms with Crippen LogP contribution in [0.5, 0.6) is 5.75 Å². The molecule has 1 saturated carbocycles. The third kappa shape index (κ3) is 2.75. The zero-order valence-corrected chi connectivity index (χ0v) is 13.9. The first-order valence-electron chi connectivity index (χ1n) is 8.48. The summed E-state index contributed by atoms with van der Waals surface area (Å²) in [4.78, 5) is 17.0. The van der Waals surface area contributed by atoms with Crippen molar-refractivity contribution in [3.05, 3.63) is 48.4 Å². The second-order valence-corrected chi connectivity index (χ2v) is 6.45. The van der Waals surface area contributed by atoms with Gasteiger partial charge in [-0.25, -0.2) is 0 Å². The van der Waals surface area contributed by atoms with Gasteiger partial charge in [-0.05, 0) is 30.7 Å². The molecular formula is C19H22N2O3. The van der Waals surface area contributed by atoms with Crippen molar-refractivity contribution in [1.29, 1.82) is 0 Å². The molecule has 24 heavy (non-hydrogen) atoms.